The average Bonchev–Trinajstić information content (AvgIpc) is 2.71. The SMILES string of the molecule is Cc1ncc2c(C3CC(=O)CCN3)nsc2n1. The number of fused-ring (bicyclic) bond motifs is 1. The quantitative estimate of drug-likeness (QED) is 0.826. The highest BCUT2D eigenvalue weighted by molar-refractivity contribution is 7.12. The summed E-state index contributed by atoms with van der Waals surface area (Å²) in [6.07, 6.45) is 2.94. The van der Waals surface area contributed by atoms with Gasteiger partial charge >= 0.3 is 0 Å². The summed E-state index contributed by atoms with van der Waals surface area (Å²) >= 11 is 1.37. The van der Waals surface area contributed by atoms with Crippen molar-refractivity contribution in [1.82, 2.24) is 19.7 Å². The molecule has 1 aliphatic heterocycles. The van der Waals surface area contributed by atoms with Crippen LogP contribution >= 0.6 is 11.5 Å². The first-order valence-corrected chi connectivity index (χ1v) is 6.35. The van der Waals surface area contributed by atoms with E-state index in [9.17, 15) is 4.79 Å². The van der Waals surface area contributed by atoms with E-state index in [0.717, 1.165) is 28.3 Å². The number of carbonyl (C=O) groups is 1. The van der Waals surface area contributed by atoms with Gasteiger partial charge in [-0.05, 0) is 18.5 Å². The maximum absolute atomic E-state index is 11.5. The molecule has 1 aliphatic rings. The van der Waals surface area contributed by atoms with E-state index in [1.54, 1.807) is 6.20 Å². The van der Waals surface area contributed by atoms with Crippen molar-refractivity contribution in [3.05, 3.63) is 17.7 Å². The van der Waals surface area contributed by atoms with Gasteiger partial charge in [0.15, 0.2) is 0 Å². The minimum absolute atomic E-state index is 0.0244. The Kier molecular flexibility index (Phi) is 2.60. The lowest BCUT2D eigenvalue weighted by Crippen LogP contribution is -2.32. The molecule has 0 spiro atoms. The van der Waals surface area contributed by atoms with Crippen molar-refractivity contribution in [3.63, 3.8) is 0 Å². The number of Topliss-reactive ketones (excluding diaryl/α,β-unsaturated/α-hetero) is 1. The van der Waals surface area contributed by atoms with Gasteiger partial charge in [-0.2, -0.15) is 4.37 Å². The van der Waals surface area contributed by atoms with Gasteiger partial charge in [0.05, 0.1) is 17.1 Å². The van der Waals surface area contributed by atoms with Crippen LogP contribution in [0.25, 0.3) is 10.2 Å². The Labute approximate surface area is 102 Å². The van der Waals surface area contributed by atoms with E-state index in [4.69, 9.17) is 0 Å². The van der Waals surface area contributed by atoms with E-state index in [2.05, 4.69) is 19.7 Å². The molecule has 6 heteroatoms. The molecule has 1 unspecified atom stereocenters. The third-order valence-corrected chi connectivity index (χ3v) is 3.71. The molecule has 0 aromatic carbocycles. The van der Waals surface area contributed by atoms with Crippen molar-refractivity contribution in [2.45, 2.75) is 25.8 Å². The molecule has 17 heavy (non-hydrogen) atoms. The fourth-order valence-corrected chi connectivity index (χ4v) is 2.91. The smallest absolute Gasteiger partial charge is 0.147 e. The van der Waals surface area contributed by atoms with Crippen LogP contribution < -0.4 is 5.32 Å². The van der Waals surface area contributed by atoms with Crippen molar-refractivity contribution < 1.29 is 4.79 Å². The van der Waals surface area contributed by atoms with Crippen LogP contribution in [0.4, 0.5) is 0 Å². The fraction of sp³-hybridized carbons (Fsp3) is 0.455. The largest absolute Gasteiger partial charge is 0.308 e. The first-order valence-electron chi connectivity index (χ1n) is 5.58. The first-order chi connectivity index (χ1) is 8.24. The van der Waals surface area contributed by atoms with Gasteiger partial charge < -0.3 is 5.32 Å². The molecule has 3 heterocycles. The minimum atomic E-state index is 0.0244. The second-order valence-electron chi connectivity index (χ2n) is 4.20. The van der Waals surface area contributed by atoms with Crippen molar-refractivity contribution in [1.29, 1.82) is 0 Å². The van der Waals surface area contributed by atoms with Crippen LogP contribution in [0.2, 0.25) is 0 Å². The predicted molar refractivity (Wildman–Crippen MR) is 64.9 cm³/mol. The van der Waals surface area contributed by atoms with Crippen molar-refractivity contribution in [2.75, 3.05) is 6.54 Å². The number of nitrogens with one attached hydrogen (secondary N) is 1. The Morgan fingerprint density at radius 1 is 1.53 bits per heavy atom. The summed E-state index contributed by atoms with van der Waals surface area (Å²) in [6.45, 7) is 2.59. The highest BCUT2D eigenvalue weighted by atomic mass is 32.1. The summed E-state index contributed by atoms with van der Waals surface area (Å²) < 4.78 is 4.42. The van der Waals surface area contributed by atoms with Gasteiger partial charge in [-0.15, -0.1) is 0 Å². The van der Waals surface area contributed by atoms with Gasteiger partial charge in [0, 0.05) is 25.6 Å². The van der Waals surface area contributed by atoms with Crippen LogP contribution in [0.1, 0.15) is 30.4 Å². The van der Waals surface area contributed by atoms with Gasteiger partial charge in [0.25, 0.3) is 0 Å². The zero-order chi connectivity index (χ0) is 11.8. The highest BCUT2D eigenvalue weighted by Crippen LogP contribution is 2.28. The second-order valence-corrected chi connectivity index (χ2v) is 4.96. The van der Waals surface area contributed by atoms with Gasteiger partial charge in [0.2, 0.25) is 0 Å². The molecule has 0 bridgehead atoms. The number of aromatic nitrogens is 3. The van der Waals surface area contributed by atoms with Crippen LogP contribution in [0.5, 0.6) is 0 Å². The summed E-state index contributed by atoms with van der Waals surface area (Å²) in [5.74, 6) is 1.04. The van der Waals surface area contributed by atoms with E-state index >= 15 is 0 Å². The highest BCUT2D eigenvalue weighted by Gasteiger charge is 2.24. The Bertz CT molecular complexity index is 580. The molecule has 1 N–H and O–H groups in total. The monoisotopic (exact) mass is 248 g/mol. The van der Waals surface area contributed by atoms with Crippen LogP contribution in [0, 0.1) is 6.92 Å². The lowest BCUT2D eigenvalue weighted by molar-refractivity contribution is -0.120. The Morgan fingerprint density at radius 3 is 3.24 bits per heavy atom. The maximum Gasteiger partial charge on any atom is 0.147 e. The normalized spacial score (nSPS) is 21.0. The molecule has 1 saturated heterocycles. The Morgan fingerprint density at radius 2 is 2.41 bits per heavy atom. The van der Waals surface area contributed by atoms with Crippen molar-refractivity contribution in [2.24, 2.45) is 0 Å². The third-order valence-electron chi connectivity index (χ3n) is 2.94. The van der Waals surface area contributed by atoms with Gasteiger partial charge in [-0.3, -0.25) is 4.79 Å². The molecule has 5 nitrogen and oxygen atoms in total. The number of aryl methyl sites for hydroxylation is 1. The predicted octanol–water partition coefficient (Wildman–Crippen LogP) is 1.39. The standard InChI is InChI=1S/C11H12N4OS/c1-6-13-5-8-10(15-17-11(8)14-6)9-4-7(16)2-3-12-9/h5,9,12H,2-4H2,1H3. The number of nitrogens with zero attached hydrogens (tertiary/aromatic N) is 3. The summed E-state index contributed by atoms with van der Waals surface area (Å²) in [6, 6.07) is 0.0244. The Hall–Kier alpha value is -1.40. The van der Waals surface area contributed by atoms with Crippen LogP contribution in [-0.2, 0) is 4.79 Å². The van der Waals surface area contributed by atoms with Crippen LogP contribution in [0.3, 0.4) is 0 Å². The molecular weight excluding hydrogens is 236 g/mol. The zero-order valence-corrected chi connectivity index (χ0v) is 10.3. The van der Waals surface area contributed by atoms with E-state index in [-0.39, 0.29) is 6.04 Å². The molecule has 2 aromatic heterocycles. The number of hydrogen-bond acceptors (Lipinski definition) is 6. The maximum atomic E-state index is 11.5. The molecule has 1 fully saturated rings. The summed E-state index contributed by atoms with van der Waals surface area (Å²) in [4.78, 5) is 20.9. The second kappa shape index (κ2) is 4.12. The summed E-state index contributed by atoms with van der Waals surface area (Å²) in [7, 11) is 0. The number of carbonyl (C=O) groups excluding carboxylic acids is 1. The topological polar surface area (TPSA) is 67.8 Å². The Balaban J connectivity index is 2.02. The van der Waals surface area contributed by atoms with Crippen molar-refractivity contribution in [3.8, 4) is 0 Å². The fourth-order valence-electron chi connectivity index (χ4n) is 2.07. The number of rotatable bonds is 1. The minimum Gasteiger partial charge on any atom is -0.308 e. The molecule has 0 amide bonds. The van der Waals surface area contributed by atoms with Crippen molar-refractivity contribution >= 4 is 27.5 Å². The molecular formula is C11H12N4OS. The molecule has 3 rings (SSSR count). The number of ketones is 1. The molecule has 0 radical (unpaired) electrons. The van der Waals surface area contributed by atoms with Crippen LogP contribution in [-0.4, -0.2) is 26.7 Å². The third kappa shape index (κ3) is 1.94. The van der Waals surface area contributed by atoms with Gasteiger partial charge in [-0.25, -0.2) is 9.97 Å². The molecule has 0 aliphatic carbocycles. The molecule has 0 saturated carbocycles. The van der Waals surface area contributed by atoms with E-state index in [1.165, 1.54) is 11.5 Å². The lowest BCUT2D eigenvalue weighted by Gasteiger charge is -2.21. The van der Waals surface area contributed by atoms with Gasteiger partial charge in [0.1, 0.15) is 16.4 Å². The van der Waals surface area contributed by atoms with E-state index < -0.39 is 0 Å². The molecule has 88 valence electrons. The first kappa shape index (κ1) is 10.7. The number of piperidine rings is 1. The lowest BCUT2D eigenvalue weighted by atomic mass is 10.00. The average molecular weight is 248 g/mol. The van der Waals surface area contributed by atoms with E-state index in [1.807, 2.05) is 6.92 Å². The number of hydrogen-bond donors (Lipinski definition) is 1. The molecule has 1 atom stereocenters. The van der Waals surface area contributed by atoms with E-state index in [0.29, 0.717) is 18.6 Å². The summed E-state index contributed by atoms with van der Waals surface area (Å²) in [5, 5.41) is 4.29. The van der Waals surface area contributed by atoms with Crippen LogP contribution in [0.15, 0.2) is 6.20 Å². The molecule has 2 aromatic rings. The zero-order valence-electron chi connectivity index (χ0n) is 9.43. The summed E-state index contributed by atoms with van der Waals surface area (Å²) in [5.41, 5.74) is 0.915. The van der Waals surface area contributed by atoms with Gasteiger partial charge in [-0.1, -0.05) is 0 Å².